The van der Waals surface area contributed by atoms with Crippen molar-refractivity contribution in [2.24, 2.45) is 5.92 Å². The molecule has 0 unspecified atom stereocenters. The van der Waals surface area contributed by atoms with Crippen molar-refractivity contribution in [1.82, 2.24) is 5.06 Å². The van der Waals surface area contributed by atoms with Crippen molar-refractivity contribution >= 4 is 5.97 Å². The molecular formula is C16H21NO4. The summed E-state index contributed by atoms with van der Waals surface area (Å²) < 4.78 is 5.14. The van der Waals surface area contributed by atoms with Gasteiger partial charge in [0, 0.05) is 13.0 Å². The average Bonchev–Trinajstić information content (AvgIpc) is 2.82. The molecule has 1 aromatic rings. The maximum atomic E-state index is 12.7. The Bertz CT molecular complexity index is 520. The first-order valence-corrected chi connectivity index (χ1v) is 7.33. The lowest BCUT2D eigenvalue weighted by molar-refractivity contribution is -0.217. The summed E-state index contributed by atoms with van der Waals surface area (Å²) in [6.07, 6.45) is 1.56. The first kappa shape index (κ1) is 14.5. The molecule has 1 aliphatic carbocycles. The van der Waals surface area contributed by atoms with E-state index >= 15 is 0 Å². The zero-order valence-electron chi connectivity index (χ0n) is 12.4. The highest BCUT2D eigenvalue weighted by atomic mass is 16.8. The molecule has 1 N–H and O–H groups in total. The third-order valence-corrected chi connectivity index (χ3v) is 4.89. The van der Waals surface area contributed by atoms with Crippen molar-refractivity contribution in [2.45, 2.75) is 37.0 Å². The molecule has 5 heteroatoms. The van der Waals surface area contributed by atoms with Gasteiger partial charge >= 0.3 is 5.97 Å². The highest BCUT2D eigenvalue weighted by molar-refractivity contribution is 5.84. The van der Waals surface area contributed by atoms with Gasteiger partial charge in [0.15, 0.2) is 6.29 Å². The summed E-state index contributed by atoms with van der Waals surface area (Å²) in [6, 6.07) is 9.48. The predicted octanol–water partition coefficient (Wildman–Crippen LogP) is 1.46. The number of hydrogen-bond donors (Lipinski definition) is 1. The van der Waals surface area contributed by atoms with Crippen LogP contribution in [0.1, 0.15) is 24.8 Å². The number of methoxy groups -OCH3 is 1. The minimum atomic E-state index is -0.854. The van der Waals surface area contributed by atoms with Gasteiger partial charge in [0.2, 0.25) is 0 Å². The number of hydroxylamine groups is 2. The van der Waals surface area contributed by atoms with Crippen LogP contribution in [0.3, 0.4) is 0 Å². The van der Waals surface area contributed by atoms with Crippen LogP contribution in [0.2, 0.25) is 0 Å². The minimum Gasteiger partial charge on any atom is -0.468 e. The van der Waals surface area contributed by atoms with Crippen LogP contribution in [0.15, 0.2) is 30.3 Å². The summed E-state index contributed by atoms with van der Waals surface area (Å²) in [4.78, 5) is 18.2. The molecule has 5 nitrogen and oxygen atoms in total. The van der Waals surface area contributed by atoms with Crippen molar-refractivity contribution in [2.75, 3.05) is 14.2 Å². The van der Waals surface area contributed by atoms with Crippen molar-refractivity contribution in [1.29, 1.82) is 0 Å². The molecule has 1 saturated heterocycles. The number of ether oxygens (including phenoxy) is 1. The number of carbonyl (C=O) groups is 1. The molecule has 0 bridgehead atoms. The normalized spacial score (nSPS) is 36.2. The van der Waals surface area contributed by atoms with E-state index in [1.165, 1.54) is 7.11 Å². The van der Waals surface area contributed by atoms with Crippen LogP contribution in [0, 0.1) is 5.92 Å². The number of esters is 1. The third-order valence-electron chi connectivity index (χ3n) is 4.89. The highest BCUT2D eigenvalue weighted by Gasteiger charge is 2.60. The van der Waals surface area contributed by atoms with E-state index in [1.54, 1.807) is 12.1 Å². The average molecular weight is 291 g/mol. The molecule has 1 saturated carbocycles. The lowest BCUT2D eigenvalue weighted by atomic mass is 9.62. The van der Waals surface area contributed by atoms with Crippen molar-refractivity contribution in [3.63, 3.8) is 0 Å². The number of rotatable bonds is 2. The lowest BCUT2D eigenvalue weighted by Crippen LogP contribution is -2.56. The molecule has 0 aromatic heterocycles. The van der Waals surface area contributed by atoms with Gasteiger partial charge in [0.05, 0.1) is 13.2 Å². The Morgan fingerprint density at radius 1 is 1.43 bits per heavy atom. The Balaban J connectivity index is 2.13. The van der Waals surface area contributed by atoms with Crippen LogP contribution in [0.25, 0.3) is 0 Å². The molecule has 21 heavy (non-hydrogen) atoms. The summed E-state index contributed by atoms with van der Waals surface area (Å²) in [5.74, 6) is -0.337. The fraction of sp³-hybridized carbons (Fsp3) is 0.562. The van der Waals surface area contributed by atoms with Gasteiger partial charge < -0.3 is 9.84 Å². The molecule has 0 spiro atoms. The minimum absolute atomic E-state index is 0.0805. The van der Waals surface area contributed by atoms with E-state index in [0.717, 1.165) is 18.4 Å². The van der Waals surface area contributed by atoms with Crippen LogP contribution in [-0.4, -0.2) is 42.6 Å². The van der Waals surface area contributed by atoms with E-state index in [4.69, 9.17) is 9.57 Å². The predicted molar refractivity (Wildman–Crippen MR) is 76.1 cm³/mol. The van der Waals surface area contributed by atoms with Crippen LogP contribution >= 0.6 is 0 Å². The number of fused-ring (bicyclic) bond motifs is 1. The second-order valence-corrected chi connectivity index (χ2v) is 5.87. The monoisotopic (exact) mass is 291 g/mol. The molecular weight excluding hydrogens is 270 g/mol. The summed E-state index contributed by atoms with van der Waals surface area (Å²) in [6.45, 7) is 0. The molecule has 2 aliphatic rings. The molecule has 114 valence electrons. The van der Waals surface area contributed by atoms with Gasteiger partial charge in [0.25, 0.3) is 0 Å². The van der Waals surface area contributed by atoms with Crippen LogP contribution in [0.5, 0.6) is 0 Å². The number of hydrogen-bond acceptors (Lipinski definition) is 5. The van der Waals surface area contributed by atoms with Crippen LogP contribution < -0.4 is 0 Å². The highest BCUT2D eigenvalue weighted by Crippen LogP contribution is 2.49. The fourth-order valence-corrected chi connectivity index (χ4v) is 4.05. The number of aliphatic hydroxyl groups is 1. The van der Waals surface area contributed by atoms with Gasteiger partial charge in [0.1, 0.15) is 5.41 Å². The summed E-state index contributed by atoms with van der Waals surface area (Å²) in [5.41, 5.74) is 0.140. The van der Waals surface area contributed by atoms with Gasteiger partial charge in [-0.2, -0.15) is 5.06 Å². The maximum absolute atomic E-state index is 12.7. The van der Waals surface area contributed by atoms with Gasteiger partial charge in [-0.15, -0.1) is 0 Å². The Kier molecular flexibility index (Phi) is 3.73. The van der Waals surface area contributed by atoms with E-state index in [-0.39, 0.29) is 17.9 Å². The quantitative estimate of drug-likeness (QED) is 0.836. The van der Waals surface area contributed by atoms with Gasteiger partial charge in [-0.1, -0.05) is 36.8 Å². The van der Waals surface area contributed by atoms with E-state index in [2.05, 4.69) is 0 Å². The SMILES string of the molecule is COC(=O)[C@]1(c2ccccc2)CCC[C@H]2[C@@H](O)ON(C)[C@H]21. The van der Waals surface area contributed by atoms with E-state index < -0.39 is 11.7 Å². The molecule has 1 aromatic carbocycles. The van der Waals surface area contributed by atoms with Gasteiger partial charge in [-0.05, 0) is 18.4 Å². The summed E-state index contributed by atoms with van der Waals surface area (Å²) in [5, 5.41) is 11.7. The van der Waals surface area contributed by atoms with E-state index in [9.17, 15) is 9.90 Å². The van der Waals surface area contributed by atoms with Gasteiger partial charge in [-0.25, -0.2) is 0 Å². The first-order chi connectivity index (χ1) is 10.1. The number of aliphatic hydroxyl groups excluding tert-OH is 1. The van der Waals surface area contributed by atoms with E-state index in [0.29, 0.717) is 6.42 Å². The Labute approximate surface area is 124 Å². The first-order valence-electron chi connectivity index (χ1n) is 7.33. The van der Waals surface area contributed by atoms with Crippen molar-refractivity contribution in [3.05, 3.63) is 35.9 Å². The number of benzene rings is 1. The Hall–Kier alpha value is -1.43. The van der Waals surface area contributed by atoms with Crippen molar-refractivity contribution < 1.29 is 19.5 Å². The molecule has 0 amide bonds. The van der Waals surface area contributed by atoms with Crippen molar-refractivity contribution in [3.8, 4) is 0 Å². The molecule has 0 radical (unpaired) electrons. The Morgan fingerprint density at radius 2 is 2.14 bits per heavy atom. The smallest absolute Gasteiger partial charge is 0.318 e. The molecule has 1 aliphatic heterocycles. The zero-order chi connectivity index (χ0) is 15.0. The largest absolute Gasteiger partial charge is 0.468 e. The van der Waals surface area contributed by atoms with E-state index in [1.807, 2.05) is 30.3 Å². The number of likely N-dealkylation sites (N-methyl/N-ethyl adjacent to an activating group) is 1. The molecule has 1 heterocycles. The van der Waals surface area contributed by atoms with Gasteiger partial charge in [-0.3, -0.25) is 9.63 Å². The van der Waals surface area contributed by atoms with Crippen LogP contribution in [0.4, 0.5) is 0 Å². The topological polar surface area (TPSA) is 59.0 Å². The fourth-order valence-electron chi connectivity index (χ4n) is 4.05. The molecule has 2 fully saturated rings. The maximum Gasteiger partial charge on any atom is 0.318 e. The summed E-state index contributed by atoms with van der Waals surface area (Å²) in [7, 11) is 3.20. The molecule has 4 atom stereocenters. The third kappa shape index (κ3) is 2.08. The summed E-state index contributed by atoms with van der Waals surface area (Å²) >= 11 is 0. The van der Waals surface area contributed by atoms with Crippen LogP contribution in [-0.2, 0) is 19.8 Å². The second-order valence-electron chi connectivity index (χ2n) is 5.87. The molecule has 3 rings (SSSR count). The number of nitrogens with zero attached hydrogens (tertiary/aromatic N) is 1. The second kappa shape index (κ2) is 5.40. The number of carbonyl (C=O) groups excluding carboxylic acids is 1. The Morgan fingerprint density at radius 3 is 2.81 bits per heavy atom. The zero-order valence-corrected chi connectivity index (χ0v) is 12.4. The lowest BCUT2D eigenvalue weighted by Gasteiger charge is -2.44. The standard InChI is InChI=1S/C16H21NO4/c1-17-13-12(14(18)21-17)9-6-10-16(13,15(19)20-2)11-7-4-3-5-8-11/h3-5,7-8,12-14,18H,6,9-10H2,1-2H3/t12-,13-,14+,16+/m1/s1.